The summed E-state index contributed by atoms with van der Waals surface area (Å²) in [5.41, 5.74) is 3.74. The predicted molar refractivity (Wildman–Crippen MR) is 106 cm³/mol. The number of rotatable bonds is 4. The van der Waals surface area contributed by atoms with Crippen LogP contribution in [0.5, 0.6) is 0 Å². The van der Waals surface area contributed by atoms with Crippen LogP contribution in [0.15, 0.2) is 48.8 Å². The van der Waals surface area contributed by atoms with Gasteiger partial charge in [-0.25, -0.2) is 4.98 Å². The molecule has 26 heavy (non-hydrogen) atoms. The summed E-state index contributed by atoms with van der Waals surface area (Å²) in [6, 6.07) is 10.9. The Balaban J connectivity index is 1.77. The minimum absolute atomic E-state index is 0.314. The molecule has 2 heterocycles. The number of anilines is 1. The number of H-pyrrole nitrogens is 1. The minimum Gasteiger partial charge on any atom is -0.338 e. The van der Waals surface area contributed by atoms with Gasteiger partial charge in [0, 0.05) is 18.0 Å². The van der Waals surface area contributed by atoms with Crippen molar-refractivity contribution in [3.05, 3.63) is 63.9 Å². The fourth-order valence-electron chi connectivity index (χ4n) is 2.75. The van der Waals surface area contributed by atoms with Crippen molar-refractivity contribution in [2.24, 2.45) is 0 Å². The average molecular weight is 406 g/mol. The largest absolute Gasteiger partial charge is 0.338 e. The van der Waals surface area contributed by atoms with Crippen LogP contribution in [0.25, 0.3) is 28.1 Å². The summed E-state index contributed by atoms with van der Waals surface area (Å²) < 4.78 is 1.84. The lowest BCUT2D eigenvalue weighted by Gasteiger charge is -2.08. The Bertz CT molecular complexity index is 1130. The summed E-state index contributed by atoms with van der Waals surface area (Å²) >= 11 is 18.4. The zero-order valence-corrected chi connectivity index (χ0v) is 15.4. The van der Waals surface area contributed by atoms with Gasteiger partial charge in [0.05, 0.1) is 32.0 Å². The summed E-state index contributed by atoms with van der Waals surface area (Å²) in [5, 5.41) is 3.75. The molecule has 0 unspecified atom stereocenters. The lowest BCUT2D eigenvalue weighted by Crippen LogP contribution is -1.94. The van der Waals surface area contributed by atoms with E-state index in [0.717, 1.165) is 11.1 Å². The molecule has 5 nitrogen and oxygen atoms in total. The van der Waals surface area contributed by atoms with E-state index in [0.29, 0.717) is 44.2 Å². The summed E-state index contributed by atoms with van der Waals surface area (Å²) in [6.45, 7) is 0. The van der Waals surface area contributed by atoms with Crippen LogP contribution in [-0.4, -0.2) is 20.9 Å². The van der Waals surface area contributed by atoms with Gasteiger partial charge in [-0.15, -0.1) is 0 Å². The number of aromatic amines is 1. The van der Waals surface area contributed by atoms with Crippen molar-refractivity contribution >= 4 is 57.9 Å². The fourth-order valence-corrected chi connectivity index (χ4v) is 3.38. The second-order valence-electron chi connectivity index (χ2n) is 5.55. The maximum Gasteiger partial charge on any atom is 0.211 e. The van der Waals surface area contributed by atoms with Gasteiger partial charge < -0.3 is 14.9 Å². The minimum atomic E-state index is 0.314. The zero-order valence-electron chi connectivity index (χ0n) is 13.1. The summed E-state index contributed by atoms with van der Waals surface area (Å²) in [6.07, 6.45) is 4.38. The molecule has 4 rings (SSSR count). The highest BCUT2D eigenvalue weighted by Crippen LogP contribution is 2.35. The lowest BCUT2D eigenvalue weighted by atomic mass is 10.3. The van der Waals surface area contributed by atoms with E-state index in [1.54, 1.807) is 18.2 Å². The second-order valence-corrected chi connectivity index (χ2v) is 6.71. The van der Waals surface area contributed by atoms with Gasteiger partial charge in [-0.1, -0.05) is 40.9 Å². The normalized spacial score (nSPS) is 11.0. The molecule has 0 radical (unpaired) electrons. The molecule has 2 aromatic heterocycles. The van der Waals surface area contributed by atoms with E-state index in [4.69, 9.17) is 34.8 Å². The van der Waals surface area contributed by atoms with Gasteiger partial charge in [-0.05, 0) is 30.3 Å². The standard InChI is InChI=1S/C18H11Cl3N4O/c19-11-4-5-14(16(21)15(11)20)25-7-6-10(8-25)18-23-13-3-1-2-12(22-9-26)17(13)24-18/h1-9H,(H,22,26)(H,23,24). The van der Waals surface area contributed by atoms with Gasteiger partial charge in [-0.3, -0.25) is 4.79 Å². The number of nitrogens with one attached hydrogen (secondary N) is 2. The van der Waals surface area contributed by atoms with Crippen LogP contribution in [0, 0.1) is 0 Å². The molecule has 130 valence electrons. The van der Waals surface area contributed by atoms with Crippen LogP contribution >= 0.6 is 34.8 Å². The Morgan fingerprint density at radius 1 is 1.08 bits per heavy atom. The van der Waals surface area contributed by atoms with Crippen LogP contribution in [0.2, 0.25) is 15.1 Å². The molecule has 0 atom stereocenters. The Hall–Kier alpha value is -2.47. The van der Waals surface area contributed by atoms with Crippen LogP contribution < -0.4 is 5.32 Å². The van der Waals surface area contributed by atoms with Gasteiger partial charge >= 0.3 is 0 Å². The molecular formula is C18H11Cl3N4O. The highest BCUT2D eigenvalue weighted by atomic mass is 35.5. The summed E-state index contributed by atoms with van der Waals surface area (Å²) in [7, 11) is 0. The number of benzene rings is 2. The molecule has 0 aliphatic carbocycles. The van der Waals surface area contributed by atoms with Gasteiger partial charge in [0.15, 0.2) is 0 Å². The summed E-state index contributed by atoms with van der Waals surface area (Å²) in [4.78, 5) is 18.6. The van der Waals surface area contributed by atoms with E-state index in [1.807, 2.05) is 35.2 Å². The molecule has 0 bridgehead atoms. The number of nitrogens with zero attached hydrogens (tertiary/aromatic N) is 2. The van der Waals surface area contributed by atoms with Gasteiger partial charge in [-0.2, -0.15) is 0 Å². The maximum atomic E-state index is 10.8. The third-order valence-electron chi connectivity index (χ3n) is 3.99. The highest BCUT2D eigenvalue weighted by Gasteiger charge is 2.13. The first-order valence-electron chi connectivity index (χ1n) is 7.59. The SMILES string of the molecule is O=CNc1cccc2[nH]c(-c3ccn(-c4ccc(Cl)c(Cl)c4Cl)c3)nc12. The van der Waals surface area contributed by atoms with Gasteiger partial charge in [0.1, 0.15) is 11.3 Å². The Morgan fingerprint density at radius 3 is 2.73 bits per heavy atom. The van der Waals surface area contributed by atoms with E-state index in [9.17, 15) is 4.79 Å². The fraction of sp³-hybridized carbons (Fsp3) is 0. The number of hydrogen-bond donors (Lipinski definition) is 2. The van der Waals surface area contributed by atoms with Crippen molar-refractivity contribution in [2.75, 3.05) is 5.32 Å². The predicted octanol–water partition coefficient (Wildman–Crippen LogP) is 5.55. The monoisotopic (exact) mass is 404 g/mol. The molecule has 2 N–H and O–H groups in total. The molecule has 0 saturated carbocycles. The van der Waals surface area contributed by atoms with Gasteiger partial charge in [0.2, 0.25) is 6.41 Å². The van der Waals surface area contributed by atoms with E-state index >= 15 is 0 Å². The quantitative estimate of drug-likeness (QED) is 0.345. The van der Waals surface area contributed by atoms with Crippen LogP contribution in [0.4, 0.5) is 5.69 Å². The van der Waals surface area contributed by atoms with Crippen molar-refractivity contribution in [1.82, 2.24) is 14.5 Å². The van der Waals surface area contributed by atoms with Crippen molar-refractivity contribution < 1.29 is 4.79 Å². The topological polar surface area (TPSA) is 62.7 Å². The smallest absolute Gasteiger partial charge is 0.211 e. The molecule has 8 heteroatoms. The van der Waals surface area contributed by atoms with E-state index in [2.05, 4.69) is 15.3 Å². The number of halogens is 3. The number of carbonyl (C=O) groups excluding carboxylic acids is 1. The van der Waals surface area contributed by atoms with Crippen LogP contribution in [-0.2, 0) is 4.79 Å². The summed E-state index contributed by atoms with van der Waals surface area (Å²) in [5.74, 6) is 0.676. The van der Waals surface area contributed by atoms with Crippen LogP contribution in [0.3, 0.4) is 0 Å². The van der Waals surface area contributed by atoms with Crippen molar-refractivity contribution in [3.63, 3.8) is 0 Å². The molecule has 0 spiro atoms. The molecule has 0 aliphatic heterocycles. The highest BCUT2D eigenvalue weighted by molar-refractivity contribution is 6.48. The molecular weight excluding hydrogens is 395 g/mol. The molecule has 0 saturated heterocycles. The van der Waals surface area contributed by atoms with Crippen LogP contribution in [0.1, 0.15) is 0 Å². The third-order valence-corrected chi connectivity index (χ3v) is 5.27. The lowest BCUT2D eigenvalue weighted by molar-refractivity contribution is -0.105. The third kappa shape index (κ3) is 2.84. The van der Waals surface area contributed by atoms with Crippen molar-refractivity contribution in [1.29, 1.82) is 0 Å². The molecule has 2 aromatic carbocycles. The molecule has 1 amide bonds. The number of aromatic nitrogens is 3. The Kier molecular flexibility index (Phi) is 4.36. The van der Waals surface area contributed by atoms with E-state index in [-0.39, 0.29) is 0 Å². The maximum absolute atomic E-state index is 10.8. The van der Waals surface area contributed by atoms with Crippen molar-refractivity contribution in [2.45, 2.75) is 0 Å². The number of carbonyl (C=O) groups is 1. The molecule has 4 aromatic rings. The van der Waals surface area contributed by atoms with Crippen molar-refractivity contribution in [3.8, 4) is 17.1 Å². The number of fused-ring (bicyclic) bond motifs is 1. The second kappa shape index (κ2) is 6.68. The zero-order chi connectivity index (χ0) is 18.3. The first kappa shape index (κ1) is 17.0. The first-order chi connectivity index (χ1) is 12.6. The molecule has 0 aliphatic rings. The number of hydrogen-bond acceptors (Lipinski definition) is 2. The number of para-hydroxylation sites is 1. The Labute approximate surface area is 163 Å². The number of imidazole rings is 1. The van der Waals surface area contributed by atoms with E-state index < -0.39 is 0 Å². The number of amides is 1. The van der Waals surface area contributed by atoms with Gasteiger partial charge in [0.25, 0.3) is 0 Å². The van der Waals surface area contributed by atoms with E-state index in [1.165, 1.54) is 0 Å². The Morgan fingerprint density at radius 2 is 1.92 bits per heavy atom. The molecule has 0 fully saturated rings. The average Bonchev–Trinajstić information content (AvgIpc) is 3.27. The first-order valence-corrected chi connectivity index (χ1v) is 8.73.